The predicted molar refractivity (Wildman–Crippen MR) is 102 cm³/mol. The Kier molecular flexibility index (Phi) is 5.59. The molecule has 4 rings (SSSR count). The number of aromatic nitrogens is 2. The van der Waals surface area contributed by atoms with Crippen LogP contribution in [-0.4, -0.2) is 9.55 Å². The summed E-state index contributed by atoms with van der Waals surface area (Å²) in [6.07, 6.45) is 7.14. The minimum atomic E-state index is -0.613. The van der Waals surface area contributed by atoms with Gasteiger partial charge in [-0.15, -0.1) is 12.4 Å². The summed E-state index contributed by atoms with van der Waals surface area (Å²) < 4.78 is 21.8. The van der Waals surface area contributed by atoms with Gasteiger partial charge in [-0.05, 0) is 53.8 Å². The first-order valence-corrected chi connectivity index (χ1v) is 8.60. The summed E-state index contributed by atoms with van der Waals surface area (Å²) in [5.74, 6) is -0.264. The molecule has 2 aromatic carbocycles. The molecule has 0 fully saturated rings. The average Bonchev–Trinajstić information content (AvgIpc) is 3.31. The molecule has 6 heteroatoms. The van der Waals surface area contributed by atoms with Gasteiger partial charge in [-0.25, -0.2) is 9.37 Å². The van der Waals surface area contributed by atoms with Gasteiger partial charge < -0.3 is 9.30 Å². The number of rotatable bonds is 5. The van der Waals surface area contributed by atoms with Gasteiger partial charge in [0.15, 0.2) is 0 Å². The molecule has 3 aromatic rings. The zero-order valence-electron chi connectivity index (χ0n) is 14.6. The number of fused-ring (bicyclic) bond motifs is 1. The maximum atomic E-state index is 13.4. The Morgan fingerprint density at radius 3 is 2.74 bits per heavy atom. The van der Waals surface area contributed by atoms with E-state index >= 15 is 0 Å². The van der Waals surface area contributed by atoms with E-state index in [4.69, 9.17) is 10.00 Å². The summed E-state index contributed by atoms with van der Waals surface area (Å²) in [6, 6.07) is 14.4. The Labute approximate surface area is 163 Å². The Morgan fingerprint density at radius 2 is 2.04 bits per heavy atom. The Balaban J connectivity index is 0.00000210. The van der Waals surface area contributed by atoms with E-state index in [0.29, 0.717) is 12.2 Å². The highest BCUT2D eigenvalue weighted by molar-refractivity contribution is 5.85. The smallest absolute Gasteiger partial charge is 0.123 e. The topological polar surface area (TPSA) is 50.8 Å². The first kappa shape index (κ1) is 19.1. The summed E-state index contributed by atoms with van der Waals surface area (Å²) in [6.45, 7) is 1.28. The molecular formula is C21H19ClFN3O. The number of aryl methyl sites for hydroxylation is 1. The molecule has 27 heavy (non-hydrogen) atoms. The van der Waals surface area contributed by atoms with E-state index in [9.17, 15) is 4.39 Å². The van der Waals surface area contributed by atoms with Crippen molar-refractivity contribution in [3.05, 3.63) is 89.3 Å². The van der Waals surface area contributed by atoms with E-state index < -0.39 is 5.60 Å². The van der Waals surface area contributed by atoms with Crippen LogP contribution in [0.25, 0.3) is 0 Å². The van der Waals surface area contributed by atoms with Crippen molar-refractivity contribution in [2.24, 2.45) is 0 Å². The fourth-order valence-electron chi connectivity index (χ4n) is 3.69. The zero-order valence-corrected chi connectivity index (χ0v) is 15.5. The van der Waals surface area contributed by atoms with E-state index in [0.717, 1.165) is 36.1 Å². The lowest BCUT2D eigenvalue weighted by molar-refractivity contribution is -0.0137. The normalized spacial score (nSPS) is 17.8. The van der Waals surface area contributed by atoms with Crippen molar-refractivity contribution in [3.63, 3.8) is 0 Å². The Hall–Kier alpha value is -2.68. The second-order valence-electron chi connectivity index (χ2n) is 6.51. The third-order valence-corrected chi connectivity index (χ3v) is 4.96. The lowest BCUT2D eigenvalue weighted by Gasteiger charge is -2.30. The van der Waals surface area contributed by atoms with Crippen molar-refractivity contribution in [1.82, 2.24) is 9.55 Å². The zero-order chi connectivity index (χ0) is 18.0. The van der Waals surface area contributed by atoms with E-state index in [1.54, 1.807) is 24.7 Å². The molecule has 0 aliphatic carbocycles. The van der Waals surface area contributed by atoms with Crippen LogP contribution >= 0.6 is 12.4 Å². The van der Waals surface area contributed by atoms with E-state index in [1.807, 2.05) is 29.0 Å². The Bertz CT molecular complexity index is 951. The van der Waals surface area contributed by atoms with Crippen molar-refractivity contribution in [2.75, 3.05) is 0 Å². The summed E-state index contributed by atoms with van der Waals surface area (Å²) >= 11 is 0. The molecule has 0 saturated heterocycles. The molecule has 1 aliphatic heterocycles. The number of imidazole rings is 1. The fourth-order valence-corrected chi connectivity index (χ4v) is 3.69. The summed E-state index contributed by atoms with van der Waals surface area (Å²) in [7, 11) is 0. The summed E-state index contributed by atoms with van der Waals surface area (Å²) in [5.41, 5.74) is 3.04. The molecule has 4 nitrogen and oxygen atoms in total. The van der Waals surface area contributed by atoms with E-state index in [2.05, 4.69) is 11.1 Å². The molecule has 1 aliphatic rings. The molecule has 138 valence electrons. The maximum absolute atomic E-state index is 13.4. The van der Waals surface area contributed by atoms with Crippen LogP contribution in [0, 0.1) is 17.1 Å². The molecule has 0 saturated carbocycles. The number of hydrogen-bond acceptors (Lipinski definition) is 3. The van der Waals surface area contributed by atoms with Crippen molar-refractivity contribution in [2.45, 2.75) is 31.6 Å². The monoisotopic (exact) mass is 383 g/mol. The highest BCUT2D eigenvalue weighted by Crippen LogP contribution is 2.45. The molecular weight excluding hydrogens is 365 g/mol. The molecule has 1 aromatic heterocycles. The largest absolute Gasteiger partial charge is 0.361 e. The number of benzene rings is 2. The molecule has 0 N–H and O–H groups in total. The van der Waals surface area contributed by atoms with Crippen LogP contribution < -0.4 is 0 Å². The van der Waals surface area contributed by atoms with Crippen LogP contribution in [0.3, 0.4) is 0 Å². The first-order chi connectivity index (χ1) is 12.7. The van der Waals surface area contributed by atoms with Crippen LogP contribution in [0.4, 0.5) is 4.39 Å². The van der Waals surface area contributed by atoms with Crippen molar-refractivity contribution >= 4 is 12.4 Å². The van der Waals surface area contributed by atoms with Crippen molar-refractivity contribution in [1.29, 1.82) is 5.26 Å². The van der Waals surface area contributed by atoms with Gasteiger partial charge >= 0.3 is 0 Å². The van der Waals surface area contributed by atoms with Crippen LogP contribution in [0.2, 0.25) is 0 Å². The lowest BCUT2D eigenvalue weighted by Crippen LogP contribution is -2.27. The van der Waals surface area contributed by atoms with Crippen LogP contribution in [-0.2, 0) is 23.5 Å². The molecule has 2 heterocycles. The minimum absolute atomic E-state index is 0. The standard InChI is InChI=1S/C21H18FN3O.ClH/c22-19-5-3-18(4-6-19)21(8-1-10-25-11-9-24-15-25)20-7-2-16(13-23)12-17(20)14-26-21;/h2-7,9,11-12,15H,1,8,10,14H2;1H. The van der Waals surface area contributed by atoms with Crippen molar-refractivity contribution < 1.29 is 9.13 Å². The predicted octanol–water partition coefficient (Wildman–Crippen LogP) is 4.57. The van der Waals surface area contributed by atoms with Gasteiger partial charge in [0.2, 0.25) is 0 Å². The van der Waals surface area contributed by atoms with Crippen molar-refractivity contribution in [3.8, 4) is 6.07 Å². The molecule has 0 bridgehead atoms. The third-order valence-electron chi connectivity index (χ3n) is 4.96. The Morgan fingerprint density at radius 1 is 1.22 bits per heavy atom. The van der Waals surface area contributed by atoms with Crippen LogP contribution in [0.15, 0.2) is 61.2 Å². The van der Waals surface area contributed by atoms with Gasteiger partial charge in [0.1, 0.15) is 11.4 Å². The highest BCUT2D eigenvalue weighted by atomic mass is 35.5. The average molecular weight is 384 g/mol. The lowest BCUT2D eigenvalue weighted by atomic mass is 9.81. The molecule has 1 atom stereocenters. The van der Waals surface area contributed by atoms with Crippen LogP contribution in [0.5, 0.6) is 0 Å². The van der Waals surface area contributed by atoms with Gasteiger partial charge in [0, 0.05) is 18.9 Å². The quantitative estimate of drug-likeness (QED) is 0.648. The van der Waals surface area contributed by atoms with Gasteiger partial charge in [-0.1, -0.05) is 18.2 Å². The second-order valence-corrected chi connectivity index (χ2v) is 6.51. The fraction of sp³-hybridized carbons (Fsp3) is 0.238. The maximum Gasteiger partial charge on any atom is 0.123 e. The van der Waals surface area contributed by atoms with Gasteiger partial charge in [0.25, 0.3) is 0 Å². The molecule has 0 amide bonds. The summed E-state index contributed by atoms with van der Waals surface area (Å²) in [4.78, 5) is 4.07. The van der Waals surface area contributed by atoms with E-state index in [-0.39, 0.29) is 18.2 Å². The van der Waals surface area contributed by atoms with Gasteiger partial charge in [-0.3, -0.25) is 0 Å². The molecule has 0 spiro atoms. The molecule has 0 radical (unpaired) electrons. The number of halogens is 2. The molecule has 1 unspecified atom stereocenters. The first-order valence-electron chi connectivity index (χ1n) is 8.60. The SMILES string of the molecule is Cl.N#Cc1ccc2c(c1)COC2(CCCn1ccnc1)c1ccc(F)cc1. The number of nitrogens with zero attached hydrogens (tertiary/aromatic N) is 3. The van der Waals surface area contributed by atoms with Gasteiger partial charge in [0.05, 0.1) is 24.6 Å². The minimum Gasteiger partial charge on any atom is -0.361 e. The second kappa shape index (κ2) is 7.91. The van der Waals surface area contributed by atoms with E-state index in [1.165, 1.54) is 12.1 Å². The van der Waals surface area contributed by atoms with Crippen LogP contribution in [0.1, 0.15) is 35.1 Å². The number of hydrogen-bond donors (Lipinski definition) is 0. The number of nitriles is 1. The highest BCUT2D eigenvalue weighted by Gasteiger charge is 2.41. The third kappa shape index (κ3) is 3.59. The summed E-state index contributed by atoms with van der Waals surface area (Å²) in [5, 5.41) is 9.15. The number of ether oxygens (including phenoxy) is 1. The van der Waals surface area contributed by atoms with Gasteiger partial charge in [-0.2, -0.15) is 5.26 Å².